The molecule has 1 rings (SSSR count). The molecule has 0 saturated carbocycles. The lowest BCUT2D eigenvalue weighted by Crippen LogP contribution is -2.03. The van der Waals surface area contributed by atoms with E-state index < -0.39 is 6.43 Å². The van der Waals surface area contributed by atoms with Gasteiger partial charge in [0.25, 0.3) is 6.43 Å². The molecule has 0 unspecified atom stereocenters. The lowest BCUT2D eigenvalue weighted by molar-refractivity contribution is 0.145. The van der Waals surface area contributed by atoms with Crippen LogP contribution in [0.5, 0.6) is 0 Å². The summed E-state index contributed by atoms with van der Waals surface area (Å²) in [6.07, 6.45) is -2.59. The number of nitrogens with two attached hydrogens (primary N) is 1. The van der Waals surface area contributed by atoms with Gasteiger partial charge in [-0.15, -0.1) is 0 Å². The van der Waals surface area contributed by atoms with Crippen LogP contribution in [0.1, 0.15) is 17.7 Å². The molecule has 0 radical (unpaired) electrons. The Bertz CT molecular complexity index is 320. The highest BCUT2D eigenvalue weighted by atomic mass is 127. The molecule has 2 nitrogen and oxygen atoms in total. The van der Waals surface area contributed by atoms with Crippen molar-refractivity contribution in [3.63, 3.8) is 0 Å². The third-order valence-corrected chi connectivity index (χ3v) is 2.98. The van der Waals surface area contributed by atoms with E-state index in [1.54, 1.807) is 22.6 Å². The molecular weight excluding hydrogens is 312 g/mol. The van der Waals surface area contributed by atoms with Gasteiger partial charge in [0.15, 0.2) is 0 Å². The largest absolute Gasteiger partial charge is 0.326 e. The van der Waals surface area contributed by atoms with Crippen molar-refractivity contribution in [1.82, 2.24) is 4.98 Å². The zero-order chi connectivity index (χ0) is 10.0. The first-order chi connectivity index (χ1) is 6.06. The Hall–Kier alpha value is -0.0100. The monoisotopic (exact) mass is 318 g/mol. The third-order valence-electron chi connectivity index (χ3n) is 1.46. The summed E-state index contributed by atoms with van der Waals surface area (Å²) in [6.45, 7) is 0.136. The van der Waals surface area contributed by atoms with Crippen molar-refractivity contribution in [2.75, 3.05) is 0 Å². The van der Waals surface area contributed by atoms with Gasteiger partial charge >= 0.3 is 0 Å². The maximum Gasteiger partial charge on any atom is 0.280 e. The number of hydrogen-bond donors (Lipinski definition) is 1. The minimum absolute atomic E-state index is 0.136. The summed E-state index contributed by atoms with van der Waals surface area (Å²) in [5.41, 5.74) is 5.54. The van der Waals surface area contributed by atoms with E-state index in [1.165, 1.54) is 6.07 Å². The van der Waals surface area contributed by atoms with Gasteiger partial charge in [0, 0.05) is 6.54 Å². The fourth-order valence-corrected chi connectivity index (χ4v) is 1.63. The number of hydrogen-bond acceptors (Lipinski definition) is 2. The first-order valence-corrected chi connectivity index (χ1v) is 4.85. The van der Waals surface area contributed by atoms with Gasteiger partial charge in [-0.05, 0) is 34.2 Å². The first kappa shape index (κ1) is 11.1. The van der Waals surface area contributed by atoms with Gasteiger partial charge < -0.3 is 5.73 Å². The highest BCUT2D eigenvalue weighted by Crippen LogP contribution is 2.26. The molecule has 13 heavy (non-hydrogen) atoms. The van der Waals surface area contributed by atoms with Crippen LogP contribution in [0.25, 0.3) is 0 Å². The molecule has 1 aromatic heterocycles. The number of alkyl halides is 2. The molecule has 0 aliphatic carbocycles. The predicted molar refractivity (Wildman–Crippen MR) is 54.8 cm³/mol. The Balaban J connectivity index is 3.22. The van der Waals surface area contributed by atoms with E-state index in [0.717, 1.165) is 0 Å². The topological polar surface area (TPSA) is 38.9 Å². The molecule has 2 N–H and O–H groups in total. The van der Waals surface area contributed by atoms with E-state index in [4.69, 9.17) is 17.3 Å². The van der Waals surface area contributed by atoms with Crippen molar-refractivity contribution >= 4 is 34.2 Å². The lowest BCUT2D eigenvalue weighted by atomic mass is 10.2. The van der Waals surface area contributed by atoms with Crippen molar-refractivity contribution in [2.24, 2.45) is 5.73 Å². The average Bonchev–Trinajstić information content (AvgIpc) is 2.09. The maximum absolute atomic E-state index is 12.2. The second-order valence-electron chi connectivity index (χ2n) is 2.32. The van der Waals surface area contributed by atoms with Gasteiger partial charge in [0.05, 0.1) is 5.02 Å². The number of pyridine rings is 1. The normalized spacial score (nSPS) is 10.9. The number of nitrogens with zero attached hydrogens (tertiary/aromatic N) is 1. The van der Waals surface area contributed by atoms with E-state index >= 15 is 0 Å². The highest BCUT2D eigenvalue weighted by molar-refractivity contribution is 14.1. The molecule has 1 heterocycles. The molecule has 0 spiro atoms. The van der Waals surface area contributed by atoms with Crippen molar-refractivity contribution < 1.29 is 8.78 Å². The van der Waals surface area contributed by atoms with Crippen LogP contribution in [0.4, 0.5) is 8.78 Å². The quantitative estimate of drug-likeness (QED) is 0.673. The van der Waals surface area contributed by atoms with Crippen molar-refractivity contribution in [1.29, 1.82) is 0 Å². The van der Waals surface area contributed by atoms with Crippen LogP contribution in [-0.4, -0.2) is 4.98 Å². The van der Waals surface area contributed by atoms with Gasteiger partial charge in [-0.2, -0.15) is 0 Å². The molecule has 72 valence electrons. The lowest BCUT2D eigenvalue weighted by Gasteiger charge is -2.06. The van der Waals surface area contributed by atoms with Crippen LogP contribution >= 0.6 is 34.2 Å². The molecule has 0 aliphatic heterocycles. The summed E-state index contributed by atoms with van der Waals surface area (Å²) in [7, 11) is 0. The first-order valence-electron chi connectivity index (χ1n) is 3.39. The Morgan fingerprint density at radius 3 is 2.69 bits per heavy atom. The van der Waals surface area contributed by atoms with E-state index in [0.29, 0.717) is 14.3 Å². The van der Waals surface area contributed by atoms with Gasteiger partial charge in [0.1, 0.15) is 9.39 Å². The second-order valence-corrected chi connectivity index (χ2v) is 3.72. The standard InChI is InChI=1S/C7H6ClF2IN2/c8-5-3(2-12)1-4(6(9)10)13-7(5)11/h1,6H,2,12H2. The summed E-state index contributed by atoms with van der Waals surface area (Å²) in [5.74, 6) is 0. The molecule has 6 heteroatoms. The van der Waals surface area contributed by atoms with Crippen LogP contribution in [0.2, 0.25) is 5.02 Å². The van der Waals surface area contributed by atoms with E-state index in [-0.39, 0.29) is 12.2 Å². The van der Waals surface area contributed by atoms with Gasteiger partial charge in [-0.25, -0.2) is 13.8 Å². The molecule has 0 atom stereocenters. The van der Waals surface area contributed by atoms with E-state index in [9.17, 15) is 8.78 Å². The SMILES string of the molecule is NCc1cc(C(F)F)nc(I)c1Cl. The van der Waals surface area contributed by atoms with E-state index in [2.05, 4.69) is 4.98 Å². The molecule has 0 saturated heterocycles. The molecule has 0 aliphatic rings. The third kappa shape index (κ3) is 2.47. The zero-order valence-corrected chi connectivity index (χ0v) is 9.31. The Morgan fingerprint density at radius 1 is 1.62 bits per heavy atom. The molecule has 0 amide bonds. The summed E-state index contributed by atoms with van der Waals surface area (Å²) >= 11 is 7.58. The molecule has 0 fully saturated rings. The second kappa shape index (κ2) is 4.47. The highest BCUT2D eigenvalue weighted by Gasteiger charge is 2.14. The maximum atomic E-state index is 12.2. The van der Waals surface area contributed by atoms with Gasteiger partial charge in [-0.3, -0.25) is 0 Å². The number of halogens is 4. The van der Waals surface area contributed by atoms with Gasteiger partial charge in [-0.1, -0.05) is 11.6 Å². The Morgan fingerprint density at radius 2 is 2.23 bits per heavy atom. The smallest absolute Gasteiger partial charge is 0.280 e. The minimum Gasteiger partial charge on any atom is -0.326 e. The van der Waals surface area contributed by atoms with Crippen LogP contribution in [0, 0.1) is 3.70 Å². The van der Waals surface area contributed by atoms with Crippen LogP contribution in [-0.2, 0) is 6.54 Å². The number of aromatic nitrogens is 1. The molecule has 1 aromatic rings. The van der Waals surface area contributed by atoms with Gasteiger partial charge in [0.2, 0.25) is 0 Å². The molecular formula is C7H6ClF2IN2. The van der Waals surface area contributed by atoms with Crippen LogP contribution in [0.3, 0.4) is 0 Å². The molecule has 0 aromatic carbocycles. The van der Waals surface area contributed by atoms with Crippen molar-refractivity contribution in [3.05, 3.63) is 26.0 Å². The summed E-state index contributed by atoms with van der Waals surface area (Å²) in [5, 5.41) is 0.354. The fraction of sp³-hybridized carbons (Fsp3) is 0.286. The van der Waals surface area contributed by atoms with Crippen LogP contribution < -0.4 is 5.73 Å². The zero-order valence-electron chi connectivity index (χ0n) is 6.40. The van der Waals surface area contributed by atoms with Crippen molar-refractivity contribution in [2.45, 2.75) is 13.0 Å². The Kier molecular flexibility index (Phi) is 3.81. The Labute approximate surface area is 92.6 Å². The van der Waals surface area contributed by atoms with E-state index in [1.807, 2.05) is 0 Å². The number of rotatable bonds is 2. The minimum atomic E-state index is -2.59. The average molecular weight is 318 g/mol. The summed E-state index contributed by atoms with van der Waals surface area (Å²) < 4.78 is 24.8. The predicted octanol–water partition coefficient (Wildman–Crippen LogP) is 2.74. The fourth-order valence-electron chi connectivity index (χ4n) is 0.829. The van der Waals surface area contributed by atoms with Crippen molar-refractivity contribution in [3.8, 4) is 0 Å². The summed E-state index contributed by atoms with van der Waals surface area (Å²) in [4.78, 5) is 3.63. The van der Waals surface area contributed by atoms with Crippen LogP contribution in [0.15, 0.2) is 6.07 Å². The summed E-state index contributed by atoms with van der Waals surface area (Å²) in [6, 6.07) is 1.23. The molecule has 0 bridgehead atoms.